The van der Waals surface area contributed by atoms with Crippen LogP contribution in [0.1, 0.15) is 20.2 Å². The van der Waals surface area contributed by atoms with E-state index in [1.54, 1.807) is 13.0 Å². The van der Waals surface area contributed by atoms with Crippen LogP contribution in [-0.4, -0.2) is 20.2 Å². The van der Waals surface area contributed by atoms with Gasteiger partial charge in [0.25, 0.3) is 5.56 Å². The lowest BCUT2D eigenvalue weighted by atomic mass is 10.3. The van der Waals surface area contributed by atoms with Crippen LogP contribution in [0.4, 0.5) is 0 Å². The highest BCUT2D eigenvalue weighted by molar-refractivity contribution is 7.14. The summed E-state index contributed by atoms with van der Waals surface area (Å²) in [5, 5.41) is 9.08. The Hall–Kier alpha value is -2.35. The number of rotatable bonds is 4. The molecule has 2 aromatic heterocycles. The zero-order valence-corrected chi connectivity index (χ0v) is 12.6. The van der Waals surface area contributed by atoms with Crippen molar-refractivity contribution in [2.45, 2.75) is 13.5 Å². The van der Waals surface area contributed by atoms with E-state index in [9.17, 15) is 14.4 Å². The lowest BCUT2D eigenvalue weighted by Gasteiger charge is -2.10. The van der Waals surface area contributed by atoms with Crippen molar-refractivity contribution in [3.8, 4) is 5.75 Å². The first-order chi connectivity index (χ1) is 9.81. The molecule has 1 N–H and O–H groups in total. The SMILES string of the molecule is Cc1cc(OCc2cc(=O)n(C)c(=O)n2C)c(C(=O)O)s1. The number of ether oxygens (including phenoxy) is 1. The molecule has 0 aliphatic heterocycles. The first kappa shape index (κ1) is 15.0. The molecule has 21 heavy (non-hydrogen) atoms. The number of carboxylic acid groups (broad SMARTS) is 1. The summed E-state index contributed by atoms with van der Waals surface area (Å²) in [5.74, 6) is -0.834. The van der Waals surface area contributed by atoms with Crippen molar-refractivity contribution in [1.29, 1.82) is 0 Å². The molecule has 0 saturated carbocycles. The Kier molecular flexibility index (Phi) is 3.99. The third-order valence-corrected chi connectivity index (χ3v) is 4.04. The number of hydrogen-bond acceptors (Lipinski definition) is 5. The lowest BCUT2D eigenvalue weighted by molar-refractivity contribution is 0.0697. The summed E-state index contributed by atoms with van der Waals surface area (Å²) in [6, 6.07) is 2.91. The van der Waals surface area contributed by atoms with Crippen LogP contribution in [0, 0.1) is 6.92 Å². The Morgan fingerprint density at radius 3 is 2.57 bits per heavy atom. The Labute approximate surface area is 123 Å². The fraction of sp³-hybridized carbons (Fsp3) is 0.308. The van der Waals surface area contributed by atoms with Gasteiger partial charge in [-0.05, 0) is 13.0 Å². The molecule has 0 saturated heterocycles. The van der Waals surface area contributed by atoms with E-state index in [1.807, 2.05) is 0 Å². The highest BCUT2D eigenvalue weighted by Crippen LogP contribution is 2.29. The fourth-order valence-corrected chi connectivity index (χ4v) is 2.61. The van der Waals surface area contributed by atoms with E-state index in [1.165, 1.54) is 24.7 Å². The standard InChI is InChI=1S/C13H14N2O5S/c1-7-4-9(11(21-7)12(17)18)20-6-8-5-10(16)15(3)13(19)14(8)2/h4-5H,6H2,1-3H3,(H,17,18). The maximum Gasteiger partial charge on any atom is 0.349 e. The van der Waals surface area contributed by atoms with Crippen molar-refractivity contribution < 1.29 is 14.6 Å². The maximum absolute atomic E-state index is 11.8. The minimum absolute atomic E-state index is 0.0573. The van der Waals surface area contributed by atoms with Gasteiger partial charge >= 0.3 is 11.7 Å². The van der Waals surface area contributed by atoms with Gasteiger partial charge in [0.15, 0.2) is 4.88 Å². The zero-order chi connectivity index (χ0) is 15.7. The maximum atomic E-state index is 11.8. The molecule has 0 aliphatic rings. The van der Waals surface area contributed by atoms with Crippen LogP contribution < -0.4 is 16.0 Å². The molecule has 0 bridgehead atoms. The molecule has 0 radical (unpaired) electrons. The summed E-state index contributed by atoms with van der Waals surface area (Å²) in [6.45, 7) is 1.72. The molecule has 0 unspecified atom stereocenters. The molecule has 0 amide bonds. The Morgan fingerprint density at radius 1 is 1.29 bits per heavy atom. The molecular weight excluding hydrogens is 296 g/mol. The molecule has 8 heteroatoms. The van der Waals surface area contributed by atoms with Gasteiger partial charge in [0, 0.05) is 25.0 Å². The number of carbonyl (C=O) groups is 1. The van der Waals surface area contributed by atoms with Gasteiger partial charge in [0.2, 0.25) is 0 Å². The van der Waals surface area contributed by atoms with E-state index in [0.717, 1.165) is 20.8 Å². The van der Waals surface area contributed by atoms with Crippen molar-refractivity contribution in [1.82, 2.24) is 9.13 Å². The Morgan fingerprint density at radius 2 is 1.95 bits per heavy atom. The molecule has 0 atom stereocenters. The van der Waals surface area contributed by atoms with Crippen molar-refractivity contribution in [3.63, 3.8) is 0 Å². The zero-order valence-electron chi connectivity index (χ0n) is 11.7. The molecule has 0 aromatic carbocycles. The largest absolute Gasteiger partial charge is 0.486 e. The number of hydrogen-bond donors (Lipinski definition) is 1. The molecule has 0 spiro atoms. The van der Waals surface area contributed by atoms with Crippen LogP contribution >= 0.6 is 11.3 Å². The second kappa shape index (κ2) is 5.57. The van der Waals surface area contributed by atoms with Crippen molar-refractivity contribution in [2.24, 2.45) is 14.1 Å². The molecule has 0 aliphatic carbocycles. The van der Waals surface area contributed by atoms with Crippen molar-refractivity contribution in [2.75, 3.05) is 0 Å². The van der Waals surface area contributed by atoms with Crippen molar-refractivity contribution in [3.05, 3.63) is 48.4 Å². The minimum Gasteiger partial charge on any atom is -0.486 e. The van der Waals surface area contributed by atoms with Crippen LogP contribution in [0.5, 0.6) is 5.75 Å². The van der Waals surface area contributed by atoms with Gasteiger partial charge in [0.05, 0.1) is 5.69 Å². The third kappa shape index (κ3) is 2.89. The predicted molar refractivity (Wildman–Crippen MR) is 77.3 cm³/mol. The number of aromatic carboxylic acids is 1. The number of aromatic nitrogens is 2. The lowest BCUT2D eigenvalue weighted by Crippen LogP contribution is -2.38. The molecule has 2 aromatic rings. The molecular formula is C13H14N2O5S. The van der Waals surface area contributed by atoms with Crippen LogP contribution in [0.15, 0.2) is 21.7 Å². The normalized spacial score (nSPS) is 10.6. The molecule has 112 valence electrons. The smallest absolute Gasteiger partial charge is 0.349 e. The van der Waals surface area contributed by atoms with Crippen LogP contribution in [0.3, 0.4) is 0 Å². The summed E-state index contributed by atoms with van der Waals surface area (Å²) in [4.78, 5) is 35.4. The van der Waals surface area contributed by atoms with Gasteiger partial charge in [-0.15, -0.1) is 11.3 Å². The number of carboxylic acids is 1. The topological polar surface area (TPSA) is 90.5 Å². The summed E-state index contributed by atoms with van der Waals surface area (Å²) in [7, 11) is 2.91. The van der Waals surface area contributed by atoms with Gasteiger partial charge in [-0.1, -0.05) is 0 Å². The second-order valence-electron chi connectivity index (χ2n) is 4.52. The molecule has 2 heterocycles. The monoisotopic (exact) mass is 310 g/mol. The van der Waals surface area contributed by atoms with E-state index in [0.29, 0.717) is 5.69 Å². The van der Waals surface area contributed by atoms with Gasteiger partial charge in [-0.3, -0.25) is 13.9 Å². The van der Waals surface area contributed by atoms with Crippen LogP contribution in [0.25, 0.3) is 0 Å². The molecule has 7 nitrogen and oxygen atoms in total. The van der Waals surface area contributed by atoms with Crippen LogP contribution in [0.2, 0.25) is 0 Å². The first-order valence-corrected chi connectivity index (χ1v) is 6.85. The second-order valence-corrected chi connectivity index (χ2v) is 5.78. The highest BCUT2D eigenvalue weighted by Gasteiger charge is 2.16. The summed E-state index contributed by atoms with van der Waals surface area (Å²) in [5.41, 5.74) is -0.513. The van der Waals surface area contributed by atoms with Crippen LogP contribution in [-0.2, 0) is 20.7 Å². The van der Waals surface area contributed by atoms with Gasteiger partial charge in [-0.25, -0.2) is 9.59 Å². The summed E-state index contributed by atoms with van der Waals surface area (Å²) in [6.07, 6.45) is 0. The Balaban J connectivity index is 2.31. The molecule has 2 rings (SSSR count). The minimum atomic E-state index is -1.07. The molecule has 0 fully saturated rings. The van der Waals surface area contributed by atoms with E-state index < -0.39 is 17.2 Å². The van der Waals surface area contributed by atoms with E-state index in [4.69, 9.17) is 9.84 Å². The fourth-order valence-electron chi connectivity index (χ4n) is 1.82. The van der Waals surface area contributed by atoms with Gasteiger partial charge < -0.3 is 9.84 Å². The first-order valence-electron chi connectivity index (χ1n) is 6.03. The Bertz CT molecular complexity index is 815. The van der Waals surface area contributed by atoms with Gasteiger partial charge in [0.1, 0.15) is 12.4 Å². The predicted octanol–water partition coefficient (Wildman–Crippen LogP) is 0.731. The highest BCUT2D eigenvalue weighted by atomic mass is 32.1. The summed E-state index contributed by atoms with van der Waals surface area (Å²) < 4.78 is 7.74. The van der Waals surface area contributed by atoms with Gasteiger partial charge in [-0.2, -0.15) is 0 Å². The average Bonchev–Trinajstić information content (AvgIpc) is 2.80. The third-order valence-electron chi connectivity index (χ3n) is 3.02. The number of nitrogens with zero attached hydrogens (tertiary/aromatic N) is 2. The van der Waals surface area contributed by atoms with Crippen molar-refractivity contribution >= 4 is 17.3 Å². The van der Waals surface area contributed by atoms with E-state index in [2.05, 4.69) is 0 Å². The summed E-state index contributed by atoms with van der Waals surface area (Å²) >= 11 is 1.11. The van der Waals surface area contributed by atoms with E-state index in [-0.39, 0.29) is 17.2 Å². The van der Waals surface area contributed by atoms with E-state index >= 15 is 0 Å². The average molecular weight is 310 g/mol. The quantitative estimate of drug-likeness (QED) is 0.899. The number of aryl methyl sites for hydroxylation is 1. The number of thiophene rings is 1.